The number of anilines is 1. The van der Waals surface area contributed by atoms with Crippen LogP contribution in [0.15, 0.2) is 18.2 Å². The summed E-state index contributed by atoms with van der Waals surface area (Å²) in [5.41, 5.74) is 1.82. The summed E-state index contributed by atoms with van der Waals surface area (Å²) in [4.78, 5) is 24.5. The van der Waals surface area contributed by atoms with E-state index in [1.807, 2.05) is 0 Å². The predicted molar refractivity (Wildman–Crippen MR) is 86.0 cm³/mol. The number of amides is 1. The predicted octanol–water partition coefficient (Wildman–Crippen LogP) is 3.69. The Hall–Kier alpha value is -1.43. The molecule has 1 amide bonds. The summed E-state index contributed by atoms with van der Waals surface area (Å²) in [5.74, 6) is 0.512. The van der Waals surface area contributed by atoms with E-state index in [-0.39, 0.29) is 16.5 Å². The first-order chi connectivity index (χ1) is 10.1. The molecule has 0 aromatic heterocycles. The highest BCUT2D eigenvalue weighted by Gasteiger charge is 2.27. The lowest BCUT2D eigenvalue weighted by molar-refractivity contribution is -0.384. The Bertz CT molecular complexity index is 548. The zero-order valence-electron chi connectivity index (χ0n) is 12.0. The second kappa shape index (κ2) is 7.02. The van der Waals surface area contributed by atoms with Crippen LogP contribution >= 0.6 is 15.9 Å². The molecule has 0 bridgehead atoms. The molecular weight excluding hydrogens is 336 g/mol. The second-order valence-corrected chi connectivity index (χ2v) is 6.03. The van der Waals surface area contributed by atoms with Crippen molar-refractivity contribution in [2.24, 2.45) is 5.92 Å². The van der Waals surface area contributed by atoms with Crippen molar-refractivity contribution in [3.05, 3.63) is 33.9 Å². The quantitative estimate of drug-likeness (QED) is 0.444. The minimum atomic E-state index is -0.389. The summed E-state index contributed by atoms with van der Waals surface area (Å²) >= 11 is 3.51. The molecule has 1 aliphatic rings. The van der Waals surface area contributed by atoms with Gasteiger partial charge in [0, 0.05) is 36.1 Å². The molecule has 0 saturated heterocycles. The van der Waals surface area contributed by atoms with E-state index in [0.29, 0.717) is 25.3 Å². The van der Waals surface area contributed by atoms with Gasteiger partial charge in [-0.15, -0.1) is 0 Å². The maximum atomic E-state index is 12.2. The van der Waals surface area contributed by atoms with E-state index < -0.39 is 0 Å². The second-order valence-electron chi connectivity index (χ2n) is 5.38. The lowest BCUT2D eigenvalue weighted by Crippen LogP contribution is -2.39. The summed E-state index contributed by atoms with van der Waals surface area (Å²) in [6.07, 6.45) is 3.14. The van der Waals surface area contributed by atoms with E-state index in [0.717, 1.165) is 29.4 Å². The lowest BCUT2D eigenvalue weighted by Gasteiger charge is -2.32. The number of nitro groups is 1. The van der Waals surface area contributed by atoms with Crippen molar-refractivity contribution in [2.75, 3.05) is 16.8 Å². The van der Waals surface area contributed by atoms with E-state index in [1.54, 1.807) is 17.0 Å². The summed E-state index contributed by atoms with van der Waals surface area (Å²) in [5, 5.41) is 11.7. The largest absolute Gasteiger partial charge is 0.312 e. The van der Waals surface area contributed by atoms with Crippen molar-refractivity contribution in [3.8, 4) is 0 Å². The topological polar surface area (TPSA) is 63.5 Å². The Morgan fingerprint density at radius 1 is 1.43 bits per heavy atom. The van der Waals surface area contributed by atoms with Gasteiger partial charge in [-0.1, -0.05) is 29.3 Å². The Labute approximate surface area is 132 Å². The zero-order valence-corrected chi connectivity index (χ0v) is 13.6. The standard InChI is InChI=1S/C15H19BrN2O3/c1-2-3-11(9-16)10-17-14-6-5-13(18(20)21)8-12(14)4-7-15(17)19/h5-6,8,11H,2-4,7,9-10H2,1H3. The molecule has 0 N–H and O–H groups in total. The number of rotatable bonds is 6. The van der Waals surface area contributed by atoms with Gasteiger partial charge >= 0.3 is 0 Å². The van der Waals surface area contributed by atoms with Crippen LogP contribution in [0.1, 0.15) is 31.7 Å². The number of fused-ring (bicyclic) bond motifs is 1. The average molecular weight is 355 g/mol. The fourth-order valence-corrected chi connectivity index (χ4v) is 3.27. The fourth-order valence-electron chi connectivity index (χ4n) is 2.74. The van der Waals surface area contributed by atoms with Crippen molar-refractivity contribution in [3.63, 3.8) is 0 Å². The van der Waals surface area contributed by atoms with Gasteiger partial charge in [-0.3, -0.25) is 14.9 Å². The van der Waals surface area contributed by atoms with E-state index in [9.17, 15) is 14.9 Å². The Morgan fingerprint density at radius 2 is 2.19 bits per heavy atom. The minimum absolute atomic E-state index is 0.0913. The molecule has 2 rings (SSSR count). The number of benzene rings is 1. The number of alkyl halides is 1. The molecule has 0 spiro atoms. The van der Waals surface area contributed by atoms with Crippen LogP contribution in [-0.2, 0) is 11.2 Å². The molecule has 0 saturated carbocycles. The van der Waals surface area contributed by atoms with Crippen LogP contribution < -0.4 is 4.90 Å². The van der Waals surface area contributed by atoms with Gasteiger partial charge < -0.3 is 4.90 Å². The highest BCUT2D eigenvalue weighted by Crippen LogP contribution is 2.32. The number of hydrogen-bond donors (Lipinski definition) is 0. The third-order valence-electron chi connectivity index (χ3n) is 3.83. The van der Waals surface area contributed by atoms with Crippen LogP contribution in [0.5, 0.6) is 0 Å². The number of hydrogen-bond acceptors (Lipinski definition) is 3. The SMILES string of the molecule is CCCC(CBr)CN1C(=O)CCc2cc([N+](=O)[O-])ccc21. The summed E-state index contributed by atoms with van der Waals surface area (Å²) in [6.45, 7) is 2.80. The number of halogens is 1. The molecule has 1 atom stereocenters. The molecule has 0 radical (unpaired) electrons. The maximum absolute atomic E-state index is 12.2. The molecule has 21 heavy (non-hydrogen) atoms. The minimum Gasteiger partial charge on any atom is -0.312 e. The monoisotopic (exact) mass is 354 g/mol. The van der Waals surface area contributed by atoms with Crippen LogP contribution in [0.2, 0.25) is 0 Å². The van der Waals surface area contributed by atoms with Gasteiger partial charge in [0.2, 0.25) is 5.91 Å². The molecule has 1 unspecified atom stereocenters. The van der Waals surface area contributed by atoms with Gasteiger partial charge in [0.25, 0.3) is 5.69 Å². The van der Waals surface area contributed by atoms with Crippen LogP contribution in [0.3, 0.4) is 0 Å². The molecule has 6 heteroatoms. The number of carbonyl (C=O) groups excluding carboxylic acids is 1. The maximum Gasteiger partial charge on any atom is 0.269 e. The van der Waals surface area contributed by atoms with Gasteiger partial charge in [-0.25, -0.2) is 0 Å². The molecule has 1 heterocycles. The van der Waals surface area contributed by atoms with Crippen LogP contribution in [-0.4, -0.2) is 22.7 Å². The van der Waals surface area contributed by atoms with Gasteiger partial charge in [-0.2, -0.15) is 0 Å². The molecule has 0 fully saturated rings. The molecule has 1 aromatic rings. The number of aryl methyl sites for hydroxylation is 1. The number of non-ortho nitro benzene ring substituents is 1. The van der Waals surface area contributed by atoms with Crippen molar-refractivity contribution in [2.45, 2.75) is 32.6 Å². The molecule has 5 nitrogen and oxygen atoms in total. The van der Waals surface area contributed by atoms with Crippen LogP contribution in [0, 0.1) is 16.0 Å². The molecule has 114 valence electrons. The smallest absolute Gasteiger partial charge is 0.269 e. The lowest BCUT2D eigenvalue weighted by atomic mass is 9.98. The first kappa shape index (κ1) is 15.9. The van der Waals surface area contributed by atoms with E-state index in [2.05, 4.69) is 22.9 Å². The fraction of sp³-hybridized carbons (Fsp3) is 0.533. The van der Waals surface area contributed by atoms with Gasteiger partial charge in [0.15, 0.2) is 0 Å². The summed E-state index contributed by atoms with van der Waals surface area (Å²) in [7, 11) is 0. The normalized spacial score (nSPS) is 15.7. The summed E-state index contributed by atoms with van der Waals surface area (Å²) < 4.78 is 0. The van der Waals surface area contributed by atoms with E-state index in [1.165, 1.54) is 6.07 Å². The molecular formula is C15H19BrN2O3. The molecule has 0 aliphatic carbocycles. The van der Waals surface area contributed by atoms with Gasteiger partial charge in [0.1, 0.15) is 0 Å². The van der Waals surface area contributed by atoms with Crippen molar-refractivity contribution in [1.29, 1.82) is 0 Å². The Morgan fingerprint density at radius 3 is 2.81 bits per heavy atom. The first-order valence-electron chi connectivity index (χ1n) is 7.20. The van der Waals surface area contributed by atoms with Crippen LogP contribution in [0.4, 0.5) is 11.4 Å². The highest BCUT2D eigenvalue weighted by molar-refractivity contribution is 9.09. The first-order valence-corrected chi connectivity index (χ1v) is 8.32. The van der Waals surface area contributed by atoms with Crippen LogP contribution in [0.25, 0.3) is 0 Å². The number of nitro benzene ring substituents is 1. The van der Waals surface area contributed by atoms with E-state index >= 15 is 0 Å². The van der Waals surface area contributed by atoms with Crippen molar-refractivity contribution < 1.29 is 9.72 Å². The third-order valence-corrected chi connectivity index (χ3v) is 4.75. The van der Waals surface area contributed by atoms with Gasteiger partial charge in [0.05, 0.1) is 4.92 Å². The van der Waals surface area contributed by atoms with Gasteiger partial charge in [-0.05, 0) is 30.4 Å². The Balaban J connectivity index is 2.27. The Kier molecular flexibility index (Phi) is 5.33. The average Bonchev–Trinajstić information content (AvgIpc) is 2.48. The number of carbonyl (C=O) groups is 1. The molecule has 1 aliphatic heterocycles. The highest BCUT2D eigenvalue weighted by atomic mass is 79.9. The van der Waals surface area contributed by atoms with E-state index in [4.69, 9.17) is 0 Å². The third kappa shape index (κ3) is 3.61. The van der Waals surface area contributed by atoms with Crippen molar-refractivity contribution >= 4 is 33.2 Å². The zero-order chi connectivity index (χ0) is 15.4. The molecule has 1 aromatic carbocycles. The van der Waals surface area contributed by atoms with Crippen molar-refractivity contribution in [1.82, 2.24) is 0 Å². The summed E-state index contributed by atoms with van der Waals surface area (Å²) in [6, 6.07) is 4.78. The number of nitrogens with zero attached hydrogens (tertiary/aromatic N) is 2.